The maximum absolute atomic E-state index is 11.9. The van der Waals surface area contributed by atoms with E-state index in [0.29, 0.717) is 19.0 Å². The molecule has 1 aromatic rings. The number of benzene rings is 1. The molecule has 0 heterocycles. The van der Waals surface area contributed by atoms with Crippen molar-refractivity contribution in [1.29, 1.82) is 0 Å². The minimum absolute atomic E-state index is 0.0919. The Kier molecular flexibility index (Phi) is 5.15. The Morgan fingerprint density at radius 1 is 1.50 bits per heavy atom. The van der Waals surface area contributed by atoms with Gasteiger partial charge in [-0.25, -0.2) is 0 Å². The molecule has 1 atom stereocenters. The Morgan fingerprint density at radius 3 is 2.85 bits per heavy atom. The van der Waals surface area contributed by atoms with E-state index in [9.17, 15) is 4.79 Å². The normalized spacial score (nSPS) is 16.2. The summed E-state index contributed by atoms with van der Waals surface area (Å²) in [4.78, 5) is 14.0. The van der Waals surface area contributed by atoms with E-state index in [4.69, 9.17) is 5.73 Å². The van der Waals surface area contributed by atoms with Crippen molar-refractivity contribution in [2.24, 2.45) is 5.73 Å². The zero-order valence-electron chi connectivity index (χ0n) is 12.4. The van der Waals surface area contributed by atoms with Crippen LogP contribution >= 0.6 is 0 Å². The first-order valence-corrected chi connectivity index (χ1v) is 7.33. The van der Waals surface area contributed by atoms with Gasteiger partial charge in [0.25, 0.3) is 0 Å². The highest BCUT2D eigenvalue weighted by molar-refractivity contribution is 5.77. The highest BCUT2D eigenvalue weighted by atomic mass is 16.1. The van der Waals surface area contributed by atoms with E-state index >= 15 is 0 Å². The van der Waals surface area contributed by atoms with Gasteiger partial charge in [0.15, 0.2) is 0 Å². The average molecular weight is 275 g/mol. The predicted octanol–water partition coefficient (Wildman–Crippen LogP) is 1.42. The molecule has 20 heavy (non-hydrogen) atoms. The third-order valence-electron chi connectivity index (χ3n) is 3.77. The van der Waals surface area contributed by atoms with Gasteiger partial charge < -0.3 is 11.1 Å². The fraction of sp³-hybridized carbons (Fsp3) is 0.562. The van der Waals surface area contributed by atoms with Gasteiger partial charge in [-0.2, -0.15) is 0 Å². The van der Waals surface area contributed by atoms with Crippen LogP contribution in [-0.2, 0) is 11.3 Å². The van der Waals surface area contributed by atoms with E-state index < -0.39 is 0 Å². The van der Waals surface area contributed by atoms with Crippen molar-refractivity contribution in [3.63, 3.8) is 0 Å². The summed E-state index contributed by atoms with van der Waals surface area (Å²) >= 11 is 0. The number of rotatable bonds is 7. The third kappa shape index (κ3) is 4.62. The number of nitrogens with two attached hydrogens (primary N) is 1. The Bertz CT molecular complexity index is 457. The van der Waals surface area contributed by atoms with E-state index in [0.717, 1.165) is 19.4 Å². The number of carbonyl (C=O) groups is 1. The predicted molar refractivity (Wildman–Crippen MR) is 81.3 cm³/mol. The van der Waals surface area contributed by atoms with Gasteiger partial charge in [0.2, 0.25) is 5.91 Å². The fourth-order valence-electron chi connectivity index (χ4n) is 2.37. The number of hydrogen-bond acceptors (Lipinski definition) is 3. The molecule has 1 unspecified atom stereocenters. The zero-order valence-corrected chi connectivity index (χ0v) is 12.4. The lowest BCUT2D eigenvalue weighted by atomic mass is 10.1. The summed E-state index contributed by atoms with van der Waals surface area (Å²) < 4.78 is 0. The number of nitrogens with zero attached hydrogens (tertiary/aromatic N) is 1. The molecule has 1 amide bonds. The largest absolute Gasteiger partial charge is 0.353 e. The monoisotopic (exact) mass is 275 g/mol. The van der Waals surface area contributed by atoms with Crippen molar-refractivity contribution in [1.82, 2.24) is 10.2 Å². The van der Waals surface area contributed by atoms with Gasteiger partial charge >= 0.3 is 0 Å². The lowest BCUT2D eigenvalue weighted by Crippen LogP contribution is -2.41. The topological polar surface area (TPSA) is 58.4 Å². The molecule has 0 radical (unpaired) electrons. The Labute approximate surface area is 121 Å². The van der Waals surface area contributed by atoms with Crippen LogP contribution in [0.2, 0.25) is 0 Å². The van der Waals surface area contributed by atoms with Gasteiger partial charge in [-0.3, -0.25) is 9.69 Å². The number of aryl methyl sites for hydroxylation is 1. The van der Waals surface area contributed by atoms with Crippen molar-refractivity contribution >= 4 is 5.91 Å². The van der Waals surface area contributed by atoms with Crippen LogP contribution in [0.1, 0.15) is 30.4 Å². The first-order chi connectivity index (χ1) is 9.58. The van der Waals surface area contributed by atoms with E-state index in [1.807, 2.05) is 7.05 Å². The molecule has 4 heteroatoms. The van der Waals surface area contributed by atoms with Crippen LogP contribution < -0.4 is 11.1 Å². The molecule has 110 valence electrons. The van der Waals surface area contributed by atoms with Gasteiger partial charge in [-0.1, -0.05) is 29.8 Å². The molecule has 1 aliphatic rings. The Morgan fingerprint density at radius 2 is 2.25 bits per heavy atom. The molecule has 0 saturated heterocycles. The fourth-order valence-corrected chi connectivity index (χ4v) is 2.37. The summed E-state index contributed by atoms with van der Waals surface area (Å²) in [5.41, 5.74) is 8.34. The number of hydrogen-bond donors (Lipinski definition) is 2. The zero-order chi connectivity index (χ0) is 14.5. The molecule has 3 N–H and O–H groups in total. The molecule has 1 aliphatic carbocycles. The second-order valence-electron chi connectivity index (χ2n) is 5.84. The Balaban J connectivity index is 1.87. The molecular formula is C16H25N3O. The smallest absolute Gasteiger partial charge is 0.221 e. The minimum atomic E-state index is 0.0919. The van der Waals surface area contributed by atoms with Crippen LogP contribution in [0.25, 0.3) is 0 Å². The summed E-state index contributed by atoms with van der Waals surface area (Å²) in [7, 11) is 2.03. The lowest BCUT2D eigenvalue weighted by molar-refractivity contribution is -0.122. The van der Waals surface area contributed by atoms with Crippen LogP contribution in [0.3, 0.4) is 0 Å². The van der Waals surface area contributed by atoms with Crippen LogP contribution in [0.5, 0.6) is 0 Å². The van der Waals surface area contributed by atoms with Crippen molar-refractivity contribution in [2.75, 3.05) is 13.6 Å². The van der Waals surface area contributed by atoms with Crippen LogP contribution in [0.15, 0.2) is 24.3 Å². The summed E-state index contributed by atoms with van der Waals surface area (Å²) in [6, 6.07) is 8.95. The molecule has 2 rings (SSSR count). The maximum Gasteiger partial charge on any atom is 0.221 e. The summed E-state index contributed by atoms with van der Waals surface area (Å²) in [5, 5.41) is 3.03. The van der Waals surface area contributed by atoms with Crippen molar-refractivity contribution in [2.45, 2.75) is 44.8 Å². The minimum Gasteiger partial charge on any atom is -0.353 e. The van der Waals surface area contributed by atoms with Gasteiger partial charge in [0.05, 0.1) is 0 Å². The second-order valence-corrected chi connectivity index (χ2v) is 5.84. The van der Waals surface area contributed by atoms with Gasteiger partial charge in [-0.05, 0) is 32.4 Å². The first-order valence-electron chi connectivity index (χ1n) is 7.33. The summed E-state index contributed by atoms with van der Waals surface area (Å²) in [6.07, 6.45) is 2.73. The maximum atomic E-state index is 11.9. The number of likely N-dealkylation sites (N-methyl/N-ethyl adjacent to an activating group) is 1. The number of amides is 1. The summed E-state index contributed by atoms with van der Waals surface area (Å²) in [5.74, 6) is 0.124. The van der Waals surface area contributed by atoms with Gasteiger partial charge in [0, 0.05) is 31.6 Å². The molecule has 0 bridgehead atoms. The number of carbonyl (C=O) groups excluding carboxylic acids is 1. The molecule has 0 spiro atoms. The lowest BCUT2D eigenvalue weighted by Gasteiger charge is -2.26. The van der Waals surface area contributed by atoms with Gasteiger partial charge in [0.1, 0.15) is 0 Å². The first kappa shape index (κ1) is 15.0. The summed E-state index contributed by atoms with van der Waals surface area (Å²) in [6.45, 7) is 3.41. The molecule has 1 saturated carbocycles. The molecule has 0 aromatic heterocycles. The molecule has 0 aliphatic heterocycles. The Hall–Kier alpha value is -1.39. The highest BCUT2D eigenvalue weighted by Crippen LogP contribution is 2.19. The van der Waals surface area contributed by atoms with Crippen LogP contribution in [0.4, 0.5) is 0 Å². The molecule has 1 fully saturated rings. The second kappa shape index (κ2) is 6.86. The standard InChI is InChI=1S/C16H25N3O/c1-12-4-3-5-13(8-12)11-19(2)15(10-17)9-16(20)18-14-6-7-14/h3-5,8,14-15H,6-7,9-11,17H2,1-2H3,(H,18,20). The van der Waals surface area contributed by atoms with Crippen molar-refractivity contribution in [3.8, 4) is 0 Å². The van der Waals surface area contributed by atoms with E-state index in [2.05, 4.69) is 41.4 Å². The quantitative estimate of drug-likeness (QED) is 0.791. The molecule has 4 nitrogen and oxygen atoms in total. The number of nitrogens with one attached hydrogen (secondary N) is 1. The van der Waals surface area contributed by atoms with Gasteiger partial charge in [-0.15, -0.1) is 0 Å². The van der Waals surface area contributed by atoms with E-state index in [1.54, 1.807) is 0 Å². The third-order valence-corrected chi connectivity index (χ3v) is 3.77. The van der Waals surface area contributed by atoms with Crippen LogP contribution in [-0.4, -0.2) is 36.5 Å². The van der Waals surface area contributed by atoms with E-state index in [1.165, 1.54) is 11.1 Å². The SMILES string of the molecule is Cc1cccc(CN(C)C(CN)CC(=O)NC2CC2)c1. The van der Waals surface area contributed by atoms with Crippen molar-refractivity contribution in [3.05, 3.63) is 35.4 Å². The van der Waals surface area contributed by atoms with Crippen molar-refractivity contribution < 1.29 is 4.79 Å². The molecular weight excluding hydrogens is 250 g/mol. The molecule has 1 aromatic carbocycles. The van der Waals surface area contributed by atoms with Crippen LogP contribution in [0, 0.1) is 6.92 Å². The highest BCUT2D eigenvalue weighted by Gasteiger charge is 2.25. The average Bonchev–Trinajstić information content (AvgIpc) is 3.19. The van der Waals surface area contributed by atoms with E-state index in [-0.39, 0.29) is 11.9 Å².